The Morgan fingerprint density at radius 2 is 1.39 bits per heavy atom. The highest BCUT2D eigenvalue weighted by Gasteiger charge is 2.32. The summed E-state index contributed by atoms with van der Waals surface area (Å²) >= 11 is 0. The first-order valence-electron chi connectivity index (χ1n) is 9.59. The number of cyclic esters (lactones) is 2. The van der Waals surface area contributed by atoms with Gasteiger partial charge in [0.15, 0.2) is 0 Å². The normalized spacial score (nSPS) is 18.0. The molecule has 1 unspecified atom stereocenters. The van der Waals surface area contributed by atoms with Crippen LogP contribution in [0.1, 0.15) is 96.8 Å². The minimum absolute atomic E-state index is 0.157. The van der Waals surface area contributed by atoms with Gasteiger partial charge in [-0.1, -0.05) is 76.4 Å². The summed E-state index contributed by atoms with van der Waals surface area (Å²) in [5, 5.41) is 0. The molecule has 1 rings (SSSR count). The van der Waals surface area contributed by atoms with Gasteiger partial charge in [0.05, 0.1) is 12.3 Å². The molecule has 23 heavy (non-hydrogen) atoms. The number of carbonyl (C=O) groups excluding carboxylic acids is 2. The third kappa shape index (κ3) is 10.3. The third-order valence-electron chi connectivity index (χ3n) is 4.62. The molecule has 0 spiro atoms. The molecular weight excluding hydrogens is 288 g/mol. The topological polar surface area (TPSA) is 43.4 Å². The largest absolute Gasteiger partial charge is 0.393 e. The third-order valence-corrected chi connectivity index (χ3v) is 4.62. The lowest BCUT2D eigenvalue weighted by atomic mass is 9.98. The molecule has 3 nitrogen and oxygen atoms in total. The highest BCUT2D eigenvalue weighted by molar-refractivity contribution is 5.94. The van der Waals surface area contributed by atoms with Gasteiger partial charge in [0, 0.05) is 0 Å². The maximum absolute atomic E-state index is 11.3. The summed E-state index contributed by atoms with van der Waals surface area (Å²) in [6, 6.07) is 0. The second-order valence-corrected chi connectivity index (χ2v) is 6.73. The van der Waals surface area contributed by atoms with Gasteiger partial charge in [-0.05, 0) is 26.2 Å². The molecule has 0 bridgehead atoms. The first-order chi connectivity index (χ1) is 11.2. The molecule has 1 fully saturated rings. The van der Waals surface area contributed by atoms with Crippen LogP contribution in [0.4, 0.5) is 0 Å². The number of ether oxygens (including phenoxy) is 1. The van der Waals surface area contributed by atoms with Gasteiger partial charge in [0.25, 0.3) is 0 Å². The fraction of sp³-hybridized carbons (Fsp3) is 0.800. The quantitative estimate of drug-likeness (QED) is 0.178. The molecule has 0 N–H and O–H groups in total. The van der Waals surface area contributed by atoms with Crippen molar-refractivity contribution >= 4 is 11.9 Å². The van der Waals surface area contributed by atoms with Crippen LogP contribution >= 0.6 is 0 Å². The lowest BCUT2D eigenvalue weighted by Gasteiger charge is -2.05. The number of hydrogen-bond donors (Lipinski definition) is 0. The van der Waals surface area contributed by atoms with Gasteiger partial charge in [-0.2, -0.15) is 0 Å². The molecule has 0 amide bonds. The fourth-order valence-electron chi connectivity index (χ4n) is 3.15. The monoisotopic (exact) mass is 322 g/mol. The predicted molar refractivity (Wildman–Crippen MR) is 94.0 cm³/mol. The van der Waals surface area contributed by atoms with Crippen molar-refractivity contribution in [2.45, 2.75) is 96.8 Å². The van der Waals surface area contributed by atoms with E-state index in [0.29, 0.717) is 6.42 Å². The van der Waals surface area contributed by atoms with Crippen LogP contribution < -0.4 is 0 Å². The molecule has 0 aromatic rings. The molecule has 0 radical (unpaired) electrons. The highest BCUT2D eigenvalue weighted by atomic mass is 16.6. The maximum Gasteiger partial charge on any atom is 0.317 e. The molecule has 132 valence electrons. The van der Waals surface area contributed by atoms with Crippen LogP contribution in [0.3, 0.4) is 0 Å². The molecule has 3 heteroatoms. The first-order valence-corrected chi connectivity index (χ1v) is 9.59. The predicted octanol–water partition coefficient (Wildman–Crippen LogP) is 5.72. The molecule has 0 aromatic heterocycles. The van der Waals surface area contributed by atoms with Gasteiger partial charge >= 0.3 is 11.9 Å². The second-order valence-electron chi connectivity index (χ2n) is 6.73. The van der Waals surface area contributed by atoms with E-state index in [2.05, 4.69) is 23.8 Å². The number of rotatable bonds is 14. The maximum atomic E-state index is 11.3. The lowest BCUT2D eigenvalue weighted by Crippen LogP contribution is -2.06. The molecule has 1 aliphatic rings. The number of carbonyl (C=O) groups is 2. The van der Waals surface area contributed by atoms with E-state index >= 15 is 0 Å². The van der Waals surface area contributed by atoms with Gasteiger partial charge < -0.3 is 4.74 Å². The summed E-state index contributed by atoms with van der Waals surface area (Å²) in [6.45, 7) is 2.09. The van der Waals surface area contributed by atoms with Crippen molar-refractivity contribution in [3.05, 3.63) is 12.2 Å². The minimum Gasteiger partial charge on any atom is -0.393 e. The molecule has 0 saturated carbocycles. The van der Waals surface area contributed by atoms with Crippen LogP contribution in [-0.2, 0) is 14.3 Å². The summed E-state index contributed by atoms with van der Waals surface area (Å²) in [4.78, 5) is 22.3. The average Bonchev–Trinajstić information content (AvgIpc) is 2.85. The zero-order valence-electron chi connectivity index (χ0n) is 14.9. The van der Waals surface area contributed by atoms with E-state index in [1.165, 1.54) is 70.6 Å². The van der Waals surface area contributed by atoms with E-state index < -0.39 is 0 Å². The van der Waals surface area contributed by atoms with Gasteiger partial charge in [0.1, 0.15) is 0 Å². The fourth-order valence-corrected chi connectivity index (χ4v) is 3.15. The molecule has 1 saturated heterocycles. The Kier molecular flexibility index (Phi) is 11.5. The van der Waals surface area contributed by atoms with E-state index in [1.54, 1.807) is 0 Å². The summed E-state index contributed by atoms with van der Waals surface area (Å²) in [6.07, 6.45) is 21.1. The van der Waals surface area contributed by atoms with E-state index in [1.807, 2.05) is 0 Å². The van der Waals surface area contributed by atoms with Crippen molar-refractivity contribution in [1.82, 2.24) is 0 Å². The summed E-state index contributed by atoms with van der Waals surface area (Å²) in [5.41, 5.74) is 0. The van der Waals surface area contributed by atoms with E-state index in [0.717, 1.165) is 12.8 Å². The molecule has 0 aliphatic carbocycles. The van der Waals surface area contributed by atoms with Crippen LogP contribution in [0.2, 0.25) is 0 Å². The Morgan fingerprint density at radius 3 is 1.87 bits per heavy atom. The second kappa shape index (κ2) is 13.3. The standard InChI is InChI=1S/C20H34O3/c1-2-3-4-5-6-7-8-9-10-11-12-13-14-15-16-18-17-19(21)23-20(18)22/h2-3,18H,4-17H2,1H3. The van der Waals surface area contributed by atoms with Gasteiger partial charge in [-0.25, -0.2) is 0 Å². The highest BCUT2D eigenvalue weighted by Crippen LogP contribution is 2.22. The zero-order valence-corrected chi connectivity index (χ0v) is 14.9. The Morgan fingerprint density at radius 1 is 0.870 bits per heavy atom. The van der Waals surface area contributed by atoms with Crippen molar-refractivity contribution in [1.29, 1.82) is 0 Å². The Bertz CT molecular complexity index is 360. The first kappa shape index (κ1) is 19.9. The Balaban J connectivity index is 1.76. The van der Waals surface area contributed by atoms with Crippen molar-refractivity contribution in [3.8, 4) is 0 Å². The van der Waals surface area contributed by atoms with Crippen LogP contribution in [0, 0.1) is 5.92 Å². The number of allylic oxidation sites excluding steroid dienone is 2. The minimum atomic E-state index is -0.346. The van der Waals surface area contributed by atoms with Crippen LogP contribution in [-0.4, -0.2) is 11.9 Å². The smallest absolute Gasteiger partial charge is 0.317 e. The van der Waals surface area contributed by atoms with Crippen LogP contribution in [0.5, 0.6) is 0 Å². The Hall–Kier alpha value is -1.12. The lowest BCUT2D eigenvalue weighted by molar-refractivity contribution is -0.153. The number of unbranched alkanes of at least 4 members (excludes halogenated alkanes) is 11. The molecule has 1 heterocycles. The van der Waals surface area contributed by atoms with Crippen molar-refractivity contribution in [3.63, 3.8) is 0 Å². The molecule has 0 aromatic carbocycles. The molecule has 1 atom stereocenters. The molecule has 1 aliphatic heterocycles. The zero-order chi connectivity index (χ0) is 16.8. The molecular formula is C20H34O3. The van der Waals surface area contributed by atoms with Gasteiger partial charge in [0.2, 0.25) is 0 Å². The van der Waals surface area contributed by atoms with E-state index in [4.69, 9.17) is 0 Å². The summed E-state index contributed by atoms with van der Waals surface area (Å²) < 4.78 is 4.56. The van der Waals surface area contributed by atoms with Crippen LogP contribution in [0.15, 0.2) is 12.2 Å². The average molecular weight is 322 g/mol. The number of esters is 2. The van der Waals surface area contributed by atoms with Crippen LogP contribution in [0.25, 0.3) is 0 Å². The van der Waals surface area contributed by atoms with Crippen molar-refractivity contribution in [2.24, 2.45) is 5.92 Å². The Labute approximate surface area is 141 Å². The van der Waals surface area contributed by atoms with E-state index in [-0.39, 0.29) is 17.9 Å². The SMILES string of the molecule is CC=CCCCCCCCCCCCCCC1CC(=O)OC1=O. The van der Waals surface area contributed by atoms with Gasteiger partial charge in [-0.3, -0.25) is 9.59 Å². The van der Waals surface area contributed by atoms with Crippen molar-refractivity contribution in [2.75, 3.05) is 0 Å². The summed E-state index contributed by atoms with van der Waals surface area (Å²) in [7, 11) is 0. The number of hydrogen-bond acceptors (Lipinski definition) is 3. The van der Waals surface area contributed by atoms with E-state index in [9.17, 15) is 9.59 Å². The summed E-state index contributed by atoms with van der Waals surface area (Å²) in [5.74, 6) is -0.808. The van der Waals surface area contributed by atoms with Crippen molar-refractivity contribution < 1.29 is 14.3 Å². The van der Waals surface area contributed by atoms with Gasteiger partial charge in [-0.15, -0.1) is 0 Å².